The molecule has 4 rings (SSSR count). The van der Waals surface area contributed by atoms with E-state index in [0.717, 1.165) is 0 Å². The van der Waals surface area contributed by atoms with Crippen molar-refractivity contribution in [2.75, 3.05) is 5.32 Å². The zero-order chi connectivity index (χ0) is 18.3. The van der Waals surface area contributed by atoms with Crippen molar-refractivity contribution in [2.45, 2.75) is 31.8 Å². The van der Waals surface area contributed by atoms with Crippen molar-refractivity contribution in [1.29, 1.82) is 0 Å². The van der Waals surface area contributed by atoms with Crippen molar-refractivity contribution < 1.29 is 13.6 Å². The summed E-state index contributed by atoms with van der Waals surface area (Å²) < 4.78 is 18.6. The predicted molar refractivity (Wildman–Crippen MR) is 91.5 cm³/mol. The van der Waals surface area contributed by atoms with Crippen LogP contribution in [0.15, 0.2) is 33.5 Å². The van der Waals surface area contributed by atoms with Crippen LogP contribution in [0.25, 0.3) is 11.1 Å². The fraction of sp³-hybridized carbons (Fsp3) is 0.294. The van der Waals surface area contributed by atoms with E-state index in [0.29, 0.717) is 35.6 Å². The highest BCUT2D eigenvalue weighted by Gasteiger charge is 2.32. The molecular weight excluding hydrogens is 341 g/mol. The largest absolute Gasteiger partial charge is 0.423 e. The number of amides is 1. The third-order valence-electron chi connectivity index (χ3n) is 4.33. The average Bonchev–Trinajstić information content (AvgIpc) is 2.96. The molecule has 3 aromatic rings. The number of carbonyl (C=O) groups excluding carboxylic acids is 1. The standard InChI is InChI=1S/C17H16FN5O3/c1-8-4-12(16(25)23-22-8)15(24)19-10-6-11(7-10)20-17-21-13-3-2-9(18)5-14(13)26-17/h2-5,10-11H,6-7H2,1H3,(H,19,24)(H,20,21)(H,23,25). The van der Waals surface area contributed by atoms with Gasteiger partial charge in [-0.1, -0.05) is 0 Å². The number of carbonyl (C=O) groups is 1. The topological polar surface area (TPSA) is 113 Å². The van der Waals surface area contributed by atoms with E-state index in [1.165, 1.54) is 18.2 Å². The van der Waals surface area contributed by atoms with Crippen molar-refractivity contribution in [2.24, 2.45) is 0 Å². The highest BCUT2D eigenvalue weighted by atomic mass is 19.1. The maximum Gasteiger partial charge on any atom is 0.295 e. The number of hydrogen-bond donors (Lipinski definition) is 3. The Labute approximate surface area is 146 Å². The van der Waals surface area contributed by atoms with Crippen LogP contribution >= 0.6 is 0 Å². The summed E-state index contributed by atoms with van der Waals surface area (Å²) in [4.78, 5) is 28.1. The monoisotopic (exact) mass is 357 g/mol. The number of halogens is 1. The number of aromatic amines is 1. The number of hydrogen-bond acceptors (Lipinski definition) is 6. The minimum absolute atomic E-state index is 0.0466. The number of H-pyrrole nitrogens is 1. The smallest absolute Gasteiger partial charge is 0.295 e. The molecule has 1 saturated carbocycles. The Balaban J connectivity index is 1.34. The Bertz CT molecular complexity index is 1040. The number of benzene rings is 1. The van der Waals surface area contributed by atoms with Crippen molar-refractivity contribution in [1.82, 2.24) is 20.5 Å². The van der Waals surface area contributed by atoms with Crippen LogP contribution < -0.4 is 16.2 Å². The van der Waals surface area contributed by atoms with E-state index in [1.807, 2.05) is 0 Å². The zero-order valence-corrected chi connectivity index (χ0v) is 13.9. The van der Waals surface area contributed by atoms with Crippen LogP contribution in [0.3, 0.4) is 0 Å². The highest BCUT2D eigenvalue weighted by molar-refractivity contribution is 5.94. The number of aromatic nitrogens is 3. The van der Waals surface area contributed by atoms with Crippen LogP contribution in [0.2, 0.25) is 0 Å². The van der Waals surface area contributed by atoms with Crippen molar-refractivity contribution >= 4 is 23.0 Å². The first kappa shape index (κ1) is 16.2. The molecule has 2 heterocycles. The van der Waals surface area contributed by atoms with Crippen LogP contribution in [0.4, 0.5) is 10.4 Å². The number of oxazole rings is 1. The average molecular weight is 357 g/mol. The fourth-order valence-electron chi connectivity index (χ4n) is 2.93. The van der Waals surface area contributed by atoms with E-state index in [4.69, 9.17) is 4.42 Å². The van der Waals surface area contributed by atoms with E-state index in [-0.39, 0.29) is 23.5 Å². The molecule has 1 aromatic carbocycles. The Morgan fingerprint density at radius 2 is 2.12 bits per heavy atom. The van der Waals surface area contributed by atoms with Gasteiger partial charge in [0.25, 0.3) is 17.5 Å². The van der Waals surface area contributed by atoms with Crippen LogP contribution in [0, 0.1) is 12.7 Å². The molecular formula is C17H16FN5O3. The lowest BCUT2D eigenvalue weighted by molar-refractivity contribution is 0.0910. The lowest BCUT2D eigenvalue weighted by Gasteiger charge is -2.35. The lowest BCUT2D eigenvalue weighted by Crippen LogP contribution is -2.50. The molecule has 1 fully saturated rings. The maximum absolute atomic E-state index is 13.2. The summed E-state index contributed by atoms with van der Waals surface area (Å²) in [6.45, 7) is 1.70. The lowest BCUT2D eigenvalue weighted by atomic mass is 9.86. The van der Waals surface area contributed by atoms with Crippen LogP contribution in [0.1, 0.15) is 28.9 Å². The van der Waals surface area contributed by atoms with Gasteiger partial charge in [-0.3, -0.25) is 9.59 Å². The number of nitrogens with zero attached hydrogens (tertiary/aromatic N) is 2. The second-order valence-corrected chi connectivity index (χ2v) is 6.37. The molecule has 8 nitrogen and oxygen atoms in total. The molecule has 0 atom stereocenters. The number of rotatable bonds is 4. The van der Waals surface area contributed by atoms with Gasteiger partial charge < -0.3 is 15.1 Å². The van der Waals surface area contributed by atoms with Gasteiger partial charge in [-0.05, 0) is 38.0 Å². The summed E-state index contributed by atoms with van der Waals surface area (Å²) in [6.07, 6.45) is 1.33. The Morgan fingerprint density at radius 1 is 1.31 bits per heavy atom. The van der Waals surface area contributed by atoms with Gasteiger partial charge in [0.2, 0.25) is 0 Å². The Hall–Kier alpha value is -3.23. The third-order valence-corrected chi connectivity index (χ3v) is 4.33. The van der Waals surface area contributed by atoms with Gasteiger partial charge in [0.1, 0.15) is 16.9 Å². The fourth-order valence-corrected chi connectivity index (χ4v) is 2.93. The second-order valence-electron chi connectivity index (χ2n) is 6.37. The minimum Gasteiger partial charge on any atom is -0.423 e. The van der Waals surface area contributed by atoms with Gasteiger partial charge in [0.15, 0.2) is 5.58 Å². The van der Waals surface area contributed by atoms with Gasteiger partial charge in [-0.2, -0.15) is 10.1 Å². The number of anilines is 1. The molecule has 9 heteroatoms. The van der Waals surface area contributed by atoms with Gasteiger partial charge in [-0.15, -0.1) is 0 Å². The summed E-state index contributed by atoms with van der Waals surface area (Å²) in [7, 11) is 0. The molecule has 1 amide bonds. The van der Waals surface area contributed by atoms with Crippen LogP contribution in [0.5, 0.6) is 0 Å². The molecule has 134 valence electrons. The molecule has 0 aliphatic heterocycles. The highest BCUT2D eigenvalue weighted by Crippen LogP contribution is 2.26. The molecule has 1 aliphatic carbocycles. The van der Waals surface area contributed by atoms with E-state index in [2.05, 4.69) is 25.8 Å². The Morgan fingerprint density at radius 3 is 2.92 bits per heavy atom. The first-order chi connectivity index (χ1) is 12.5. The Kier molecular flexibility index (Phi) is 3.90. The second kappa shape index (κ2) is 6.25. The van der Waals surface area contributed by atoms with Gasteiger partial charge >= 0.3 is 0 Å². The summed E-state index contributed by atoms with van der Waals surface area (Å²) in [6, 6.07) is 5.97. The molecule has 26 heavy (non-hydrogen) atoms. The third kappa shape index (κ3) is 3.15. The minimum atomic E-state index is -0.513. The molecule has 0 saturated heterocycles. The van der Waals surface area contributed by atoms with Crippen molar-refractivity contribution in [3.8, 4) is 0 Å². The van der Waals surface area contributed by atoms with Gasteiger partial charge in [-0.25, -0.2) is 9.49 Å². The first-order valence-corrected chi connectivity index (χ1v) is 8.18. The van der Waals surface area contributed by atoms with E-state index in [1.54, 1.807) is 13.0 Å². The molecule has 2 aromatic heterocycles. The summed E-state index contributed by atoms with van der Waals surface area (Å²) in [5.74, 6) is -0.800. The molecule has 0 spiro atoms. The maximum atomic E-state index is 13.2. The quantitative estimate of drug-likeness (QED) is 0.655. The van der Waals surface area contributed by atoms with Crippen molar-refractivity contribution in [3.05, 3.63) is 51.7 Å². The molecule has 0 radical (unpaired) electrons. The molecule has 0 bridgehead atoms. The zero-order valence-electron chi connectivity index (χ0n) is 13.9. The summed E-state index contributed by atoms with van der Waals surface area (Å²) >= 11 is 0. The van der Waals surface area contributed by atoms with E-state index >= 15 is 0 Å². The van der Waals surface area contributed by atoms with Gasteiger partial charge in [0, 0.05) is 18.2 Å². The normalized spacial score (nSPS) is 19.2. The summed E-state index contributed by atoms with van der Waals surface area (Å²) in [5, 5.41) is 12.0. The van der Waals surface area contributed by atoms with Crippen LogP contribution in [-0.2, 0) is 0 Å². The molecule has 3 N–H and O–H groups in total. The predicted octanol–water partition coefficient (Wildman–Crippen LogP) is 1.73. The van der Waals surface area contributed by atoms with Gasteiger partial charge in [0.05, 0.1) is 5.69 Å². The number of nitrogens with one attached hydrogen (secondary N) is 3. The number of fused-ring (bicyclic) bond motifs is 1. The van der Waals surface area contributed by atoms with Crippen molar-refractivity contribution in [3.63, 3.8) is 0 Å². The van der Waals surface area contributed by atoms with E-state index in [9.17, 15) is 14.0 Å². The molecule has 1 aliphatic rings. The van der Waals surface area contributed by atoms with Crippen LogP contribution in [-0.4, -0.2) is 33.2 Å². The SMILES string of the molecule is Cc1cc(C(=O)NC2CC(Nc3nc4ccc(F)cc4o3)C2)c(=O)[nH]n1. The molecule has 0 unspecified atom stereocenters. The number of aryl methyl sites for hydroxylation is 1. The first-order valence-electron chi connectivity index (χ1n) is 8.18. The van der Waals surface area contributed by atoms with E-state index < -0.39 is 11.5 Å². The summed E-state index contributed by atoms with van der Waals surface area (Å²) in [5.41, 5.74) is 1.06.